The van der Waals surface area contributed by atoms with Crippen molar-refractivity contribution in [1.82, 2.24) is 0 Å². The Bertz CT molecular complexity index is 995. The van der Waals surface area contributed by atoms with Crippen molar-refractivity contribution in [2.75, 3.05) is 0 Å². The van der Waals surface area contributed by atoms with E-state index in [-0.39, 0.29) is 6.04 Å². The van der Waals surface area contributed by atoms with E-state index in [9.17, 15) is 0 Å². The number of rotatable bonds is 2. The van der Waals surface area contributed by atoms with Gasteiger partial charge >= 0.3 is 0 Å². The Morgan fingerprint density at radius 3 is 2.08 bits per heavy atom. The van der Waals surface area contributed by atoms with Crippen molar-refractivity contribution in [2.24, 2.45) is 11.7 Å². The lowest BCUT2D eigenvalue weighted by Gasteiger charge is -2.29. The van der Waals surface area contributed by atoms with Gasteiger partial charge in [-0.3, -0.25) is 0 Å². The minimum atomic E-state index is 0.162. The fourth-order valence-corrected chi connectivity index (χ4v) is 4.80. The molecule has 0 aromatic heterocycles. The summed E-state index contributed by atoms with van der Waals surface area (Å²) in [4.78, 5) is 0. The van der Waals surface area contributed by atoms with Crippen molar-refractivity contribution in [1.29, 1.82) is 0 Å². The first kappa shape index (κ1) is 14.2. The molecule has 5 rings (SSSR count). The SMILES string of the molecule is N[C@H](c1ccc2ccc3cccc4ccc1c2c34)C1CCCCC1. The number of nitrogens with two attached hydrogens (primary N) is 1. The van der Waals surface area contributed by atoms with Crippen molar-refractivity contribution in [3.63, 3.8) is 0 Å². The Morgan fingerprint density at radius 1 is 0.708 bits per heavy atom. The zero-order valence-corrected chi connectivity index (χ0v) is 14.0. The molecule has 4 aromatic rings. The van der Waals surface area contributed by atoms with E-state index < -0.39 is 0 Å². The van der Waals surface area contributed by atoms with E-state index in [4.69, 9.17) is 5.73 Å². The quantitative estimate of drug-likeness (QED) is 0.440. The summed E-state index contributed by atoms with van der Waals surface area (Å²) in [6.45, 7) is 0. The highest BCUT2D eigenvalue weighted by atomic mass is 14.7. The summed E-state index contributed by atoms with van der Waals surface area (Å²) >= 11 is 0. The Kier molecular flexibility index (Phi) is 3.24. The van der Waals surface area contributed by atoms with Crippen molar-refractivity contribution in [3.8, 4) is 0 Å². The van der Waals surface area contributed by atoms with E-state index >= 15 is 0 Å². The molecule has 1 heteroatoms. The Morgan fingerprint density at radius 2 is 1.33 bits per heavy atom. The van der Waals surface area contributed by atoms with Crippen LogP contribution in [0.25, 0.3) is 32.3 Å². The lowest BCUT2D eigenvalue weighted by atomic mass is 9.79. The van der Waals surface area contributed by atoms with Gasteiger partial charge in [0.1, 0.15) is 0 Å². The topological polar surface area (TPSA) is 26.0 Å². The van der Waals surface area contributed by atoms with E-state index in [1.54, 1.807) is 0 Å². The first-order valence-corrected chi connectivity index (χ1v) is 9.25. The van der Waals surface area contributed by atoms with Crippen LogP contribution in [0.3, 0.4) is 0 Å². The maximum Gasteiger partial charge on any atom is 0.0329 e. The molecule has 1 nitrogen and oxygen atoms in total. The normalized spacial score (nSPS) is 17.9. The van der Waals surface area contributed by atoms with Gasteiger partial charge in [0.15, 0.2) is 0 Å². The van der Waals surface area contributed by atoms with Crippen molar-refractivity contribution >= 4 is 32.3 Å². The average Bonchev–Trinajstić information content (AvgIpc) is 2.66. The van der Waals surface area contributed by atoms with Crippen molar-refractivity contribution in [2.45, 2.75) is 38.1 Å². The van der Waals surface area contributed by atoms with Crippen LogP contribution in [0.4, 0.5) is 0 Å². The molecule has 4 aromatic carbocycles. The molecule has 0 aliphatic heterocycles. The molecule has 1 saturated carbocycles. The second-order valence-corrected chi connectivity index (χ2v) is 7.43. The molecule has 0 heterocycles. The van der Waals surface area contributed by atoms with Gasteiger partial charge in [0.25, 0.3) is 0 Å². The molecule has 1 fully saturated rings. The Balaban J connectivity index is 1.77. The molecule has 1 atom stereocenters. The molecule has 0 radical (unpaired) electrons. The molecular formula is C23H23N. The van der Waals surface area contributed by atoms with Crippen LogP contribution in [0.15, 0.2) is 54.6 Å². The van der Waals surface area contributed by atoms with Crippen LogP contribution >= 0.6 is 0 Å². The Hall–Kier alpha value is -2.12. The van der Waals surface area contributed by atoms with Crippen LogP contribution in [0, 0.1) is 5.92 Å². The standard InChI is InChI=1S/C23H23N/c24-23(18-5-2-1-3-6-18)20-14-12-17-10-9-15-7-4-8-16-11-13-19(20)22(17)21(15)16/h4,7-14,18,23H,1-3,5-6,24H2/t23-/m0/s1. The second kappa shape index (κ2) is 5.46. The molecule has 120 valence electrons. The predicted molar refractivity (Wildman–Crippen MR) is 104 cm³/mol. The monoisotopic (exact) mass is 313 g/mol. The maximum atomic E-state index is 6.77. The molecule has 0 amide bonds. The molecule has 0 bridgehead atoms. The van der Waals surface area contributed by atoms with Crippen LogP contribution in [-0.4, -0.2) is 0 Å². The largest absolute Gasteiger partial charge is 0.324 e. The van der Waals surface area contributed by atoms with Gasteiger partial charge in [0, 0.05) is 6.04 Å². The Labute approximate surface area is 142 Å². The number of hydrogen-bond donors (Lipinski definition) is 1. The highest BCUT2D eigenvalue weighted by Crippen LogP contribution is 2.40. The zero-order chi connectivity index (χ0) is 16.1. The molecule has 1 aliphatic rings. The zero-order valence-electron chi connectivity index (χ0n) is 14.0. The smallest absolute Gasteiger partial charge is 0.0329 e. The highest BCUT2D eigenvalue weighted by Gasteiger charge is 2.24. The third-order valence-corrected chi connectivity index (χ3v) is 6.08. The van der Waals surface area contributed by atoms with E-state index in [0.29, 0.717) is 5.92 Å². The van der Waals surface area contributed by atoms with Gasteiger partial charge in [-0.2, -0.15) is 0 Å². The summed E-state index contributed by atoms with van der Waals surface area (Å²) in [6, 6.07) is 20.3. The molecule has 24 heavy (non-hydrogen) atoms. The van der Waals surface area contributed by atoms with Gasteiger partial charge in [-0.15, -0.1) is 0 Å². The number of hydrogen-bond acceptors (Lipinski definition) is 1. The summed E-state index contributed by atoms with van der Waals surface area (Å²) < 4.78 is 0. The van der Waals surface area contributed by atoms with Crippen LogP contribution in [-0.2, 0) is 0 Å². The molecule has 0 saturated heterocycles. The lowest BCUT2D eigenvalue weighted by Crippen LogP contribution is -2.23. The summed E-state index contributed by atoms with van der Waals surface area (Å²) in [7, 11) is 0. The van der Waals surface area contributed by atoms with Gasteiger partial charge in [-0.25, -0.2) is 0 Å². The van der Waals surface area contributed by atoms with Crippen molar-refractivity contribution < 1.29 is 0 Å². The third kappa shape index (κ3) is 2.04. The maximum absolute atomic E-state index is 6.77. The van der Waals surface area contributed by atoms with Crippen LogP contribution in [0.1, 0.15) is 43.7 Å². The van der Waals surface area contributed by atoms with Crippen LogP contribution in [0.2, 0.25) is 0 Å². The minimum absolute atomic E-state index is 0.162. The van der Waals surface area contributed by atoms with Crippen LogP contribution in [0.5, 0.6) is 0 Å². The highest BCUT2D eigenvalue weighted by molar-refractivity contribution is 6.23. The van der Waals surface area contributed by atoms with Crippen LogP contribution < -0.4 is 5.73 Å². The van der Waals surface area contributed by atoms with Crippen molar-refractivity contribution in [3.05, 3.63) is 60.2 Å². The van der Waals surface area contributed by atoms with Gasteiger partial charge in [0.05, 0.1) is 0 Å². The predicted octanol–water partition coefficient (Wildman–Crippen LogP) is 6.16. The summed E-state index contributed by atoms with van der Waals surface area (Å²) in [5.41, 5.74) is 8.11. The van der Waals surface area contributed by atoms with Gasteiger partial charge in [-0.1, -0.05) is 73.9 Å². The molecular weight excluding hydrogens is 290 g/mol. The summed E-state index contributed by atoms with van der Waals surface area (Å²) in [5, 5.41) is 8.13. The van der Waals surface area contributed by atoms with Gasteiger partial charge in [0.2, 0.25) is 0 Å². The average molecular weight is 313 g/mol. The lowest BCUT2D eigenvalue weighted by molar-refractivity contribution is 0.309. The van der Waals surface area contributed by atoms with Gasteiger partial charge < -0.3 is 5.73 Å². The number of benzene rings is 4. The first-order chi connectivity index (χ1) is 11.8. The minimum Gasteiger partial charge on any atom is -0.324 e. The molecule has 2 N–H and O–H groups in total. The third-order valence-electron chi connectivity index (χ3n) is 6.08. The molecule has 0 spiro atoms. The molecule has 1 aliphatic carbocycles. The van der Waals surface area contributed by atoms with E-state index in [1.165, 1.54) is 70.0 Å². The summed E-state index contributed by atoms with van der Waals surface area (Å²) in [6.07, 6.45) is 6.61. The first-order valence-electron chi connectivity index (χ1n) is 9.25. The fraction of sp³-hybridized carbons (Fsp3) is 0.304. The van der Waals surface area contributed by atoms with Gasteiger partial charge in [-0.05, 0) is 56.6 Å². The summed E-state index contributed by atoms with van der Waals surface area (Å²) in [5.74, 6) is 0.636. The fourth-order valence-electron chi connectivity index (χ4n) is 4.80. The van der Waals surface area contributed by atoms with E-state index in [1.807, 2.05) is 0 Å². The van der Waals surface area contributed by atoms with E-state index in [2.05, 4.69) is 54.6 Å². The molecule has 0 unspecified atom stereocenters. The second-order valence-electron chi connectivity index (χ2n) is 7.43. The van der Waals surface area contributed by atoms with E-state index in [0.717, 1.165) is 0 Å².